The van der Waals surface area contributed by atoms with Gasteiger partial charge in [0.1, 0.15) is 17.4 Å². The van der Waals surface area contributed by atoms with Gasteiger partial charge in [0, 0.05) is 36.9 Å². The van der Waals surface area contributed by atoms with Crippen molar-refractivity contribution in [2.45, 2.75) is 39.4 Å². The zero-order chi connectivity index (χ0) is 22.1. The Labute approximate surface area is 186 Å². The van der Waals surface area contributed by atoms with Gasteiger partial charge in [0.2, 0.25) is 0 Å². The zero-order valence-electron chi connectivity index (χ0n) is 18.2. The molecule has 1 aliphatic heterocycles. The molecule has 7 heteroatoms. The number of fused-ring (bicyclic) bond motifs is 1. The summed E-state index contributed by atoms with van der Waals surface area (Å²) in [6.07, 6.45) is 7.94. The Kier molecular flexibility index (Phi) is 5.23. The largest absolute Gasteiger partial charge is 0.467 e. The minimum Gasteiger partial charge on any atom is -0.467 e. The van der Waals surface area contributed by atoms with E-state index in [0.717, 1.165) is 23.6 Å². The van der Waals surface area contributed by atoms with Gasteiger partial charge in [-0.05, 0) is 55.7 Å². The number of para-hydroxylation sites is 1. The second-order valence-corrected chi connectivity index (χ2v) is 8.12. The van der Waals surface area contributed by atoms with E-state index in [-0.39, 0.29) is 5.91 Å². The van der Waals surface area contributed by atoms with Crippen molar-refractivity contribution < 1.29 is 9.21 Å². The van der Waals surface area contributed by atoms with Crippen molar-refractivity contribution >= 4 is 11.6 Å². The van der Waals surface area contributed by atoms with E-state index in [2.05, 4.69) is 45.3 Å². The number of nitrogens with zero attached hydrogens (tertiary/aromatic N) is 4. The molecule has 4 aromatic rings. The Morgan fingerprint density at radius 1 is 1.19 bits per heavy atom. The number of carbonyl (C=O) groups excluding carboxylic acids is 1. The highest BCUT2D eigenvalue weighted by atomic mass is 16.3. The molecule has 162 valence electrons. The van der Waals surface area contributed by atoms with Gasteiger partial charge in [-0.1, -0.05) is 18.2 Å². The molecule has 0 saturated carbocycles. The molecule has 4 heterocycles. The van der Waals surface area contributed by atoms with Crippen LogP contribution in [-0.4, -0.2) is 26.5 Å². The van der Waals surface area contributed by atoms with Gasteiger partial charge in [-0.25, -0.2) is 9.97 Å². The fraction of sp³-hybridized carbons (Fsp3) is 0.240. The van der Waals surface area contributed by atoms with Gasteiger partial charge in [-0.15, -0.1) is 0 Å². The van der Waals surface area contributed by atoms with Crippen LogP contribution in [0.5, 0.6) is 0 Å². The number of aryl methyl sites for hydroxylation is 1. The second-order valence-electron chi connectivity index (χ2n) is 8.12. The van der Waals surface area contributed by atoms with E-state index < -0.39 is 0 Å². The van der Waals surface area contributed by atoms with Gasteiger partial charge >= 0.3 is 0 Å². The van der Waals surface area contributed by atoms with Gasteiger partial charge in [0.25, 0.3) is 5.91 Å². The molecule has 0 bridgehead atoms. The van der Waals surface area contributed by atoms with Gasteiger partial charge in [-0.2, -0.15) is 0 Å². The summed E-state index contributed by atoms with van der Waals surface area (Å²) >= 11 is 0. The molecule has 1 aliphatic rings. The maximum atomic E-state index is 12.9. The van der Waals surface area contributed by atoms with Crippen LogP contribution < -0.4 is 10.2 Å². The normalized spacial score (nSPS) is 15.1. The topological polar surface area (TPSA) is 76.2 Å². The minimum absolute atomic E-state index is 0.147. The van der Waals surface area contributed by atoms with Crippen LogP contribution in [0, 0.1) is 6.92 Å². The monoisotopic (exact) mass is 427 g/mol. The molecule has 1 aromatic carbocycles. The number of pyridine rings is 1. The third-order valence-electron chi connectivity index (χ3n) is 5.99. The number of amides is 1. The number of anilines is 1. The second kappa shape index (κ2) is 8.34. The Balaban J connectivity index is 1.28. The molecule has 3 aromatic heterocycles. The summed E-state index contributed by atoms with van der Waals surface area (Å²) in [4.78, 5) is 23.9. The Morgan fingerprint density at radius 2 is 2.06 bits per heavy atom. The molecule has 32 heavy (non-hydrogen) atoms. The van der Waals surface area contributed by atoms with E-state index in [0.29, 0.717) is 30.5 Å². The lowest BCUT2D eigenvalue weighted by atomic mass is 10.1. The number of hydrogen-bond acceptors (Lipinski definition) is 5. The molecule has 0 aliphatic carbocycles. The first-order chi connectivity index (χ1) is 15.6. The average Bonchev–Trinajstić information content (AvgIpc) is 3.52. The van der Waals surface area contributed by atoms with Gasteiger partial charge in [0.15, 0.2) is 0 Å². The highest BCUT2D eigenvalue weighted by Gasteiger charge is 2.28. The molecule has 7 nitrogen and oxygen atoms in total. The molecular formula is C25H25N5O2. The Bertz CT molecular complexity index is 1260. The average molecular weight is 428 g/mol. The fourth-order valence-electron chi connectivity index (χ4n) is 4.29. The summed E-state index contributed by atoms with van der Waals surface area (Å²) < 4.78 is 7.63. The van der Waals surface area contributed by atoms with Crippen LogP contribution >= 0.6 is 0 Å². The highest BCUT2D eigenvalue weighted by molar-refractivity contribution is 5.95. The van der Waals surface area contributed by atoms with Crippen molar-refractivity contribution in [3.63, 3.8) is 0 Å². The highest BCUT2D eigenvalue weighted by Crippen LogP contribution is 2.33. The van der Waals surface area contributed by atoms with E-state index in [1.54, 1.807) is 24.7 Å². The molecule has 0 radical (unpaired) electrons. The predicted octanol–water partition coefficient (Wildman–Crippen LogP) is 4.05. The fourth-order valence-corrected chi connectivity index (χ4v) is 4.29. The first-order valence-electron chi connectivity index (χ1n) is 10.7. The van der Waals surface area contributed by atoms with Crippen LogP contribution in [0.25, 0.3) is 5.82 Å². The maximum Gasteiger partial charge on any atom is 0.255 e. The summed E-state index contributed by atoms with van der Waals surface area (Å²) in [6, 6.07) is 14.4. The molecule has 0 fully saturated rings. The Hall–Kier alpha value is -3.87. The third kappa shape index (κ3) is 3.77. The number of hydrogen-bond donors (Lipinski definition) is 1. The van der Waals surface area contributed by atoms with Crippen LogP contribution in [0.4, 0.5) is 5.69 Å². The molecule has 5 rings (SSSR count). The van der Waals surface area contributed by atoms with Gasteiger partial charge < -0.3 is 14.6 Å². The van der Waals surface area contributed by atoms with Crippen LogP contribution in [0.15, 0.2) is 71.7 Å². The SMILES string of the molecule is Cc1nccn1-c1cc(CNC(=O)c2ccoc2CN2c3ccccc3CC2C)ccn1. The van der Waals surface area contributed by atoms with Crippen LogP contribution in [0.3, 0.4) is 0 Å². The summed E-state index contributed by atoms with van der Waals surface area (Å²) in [5.41, 5.74) is 4.07. The molecule has 1 atom stereocenters. The van der Waals surface area contributed by atoms with Crippen molar-refractivity contribution in [2.24, 2.45) is 0 Å². The lowest BCUT2D eigenvalue weighted by Gasteiger charge is -2.24. The lowest BCUT2D eigenvalue weighted by molar-refractivity contribution is 0.0949. The number of benzene rings is 1. The van der Waals surface area contributed by atoms with Crippen LogP contribution in [0.2, 0.25) is 0 Å². The van der Waals surface area contributed by atoms with Crippen molar-refractivity contribution in [2.75, 3.05) is 4.90 Å². The molecule has 1 N–H and O–H groups in total. The van der Waals surface area contributed by atoms with Crippen molar-refractivity contribution in [1.29, 1.82) is 0 Å². The zero-order valence-corrected chi connectivity index (χ0v) is 18.2. The van der Waals surface area contributed by atoms with Gasteiger partial charge in [-0.3, -0.25) is 9.36 Å². The van der Waals surface area contributed by atoms with E-state index in [4.69, 9.17) is 4.42 Å². The van der Waals surface area contributed by atoms with E-state index >= 15 is 0 Å². The molecule has 1 amide bonds. The quantitative estimate of drug-likeness (QED) is 0.502. The smallest absolute Gasteiger partial charge is 0.255 e. The van der Waals surface area contributed by atoms with E-state index in [9.17, 15) is 4.79 Å². The standard InChI is InChI=1S/C25H25N5O2/c1-17-13-20-5-3-4-6-22(20)30(17)16-23-21(8-12-32-23)25(31)28-15-19-7-9-27-24(14-19)29-11-10-26-18(29)2/h3-12,14,17H,13,15-16H2,1-2H3,(H,28,31). The number of furan rings is 1. The number of imidazole rings is 1. The van der Waals surface area contributed by atoms with Gasteiger partial charge in [0.05, 0.1) is 18.4 Å². The van der Waals surface area contributed by atoms with Crippen molar-refractivity contribution in [1.82, 2.24) is 19.9 Å². The summed E-state index contributed by atoms with van der Waals surface area (Å²) in [7, 11) is 0. The summed E-state index contributed by atoms with van der Waals surface area (Å²) in [5, 5.41) is 3.01. The first kappa shape index (κ1) is 20.1. The molecular weight excluding hydrogens is 402 g/mol. The van der Waals surface area contributed by atoms with Crippen molar-refractivity contribution in [3.8, 4) is 5.82 Å². The van der Waals surface area contributed by atoms with E-state index in [1.165, 1.54) is 11.3 Å². The Morgan fingerprint density at radius 3 is 2.91 bits per heavy atom. The lowest BCUT2D eigenvalue weighted by Crippen LogP contribution is -2.30. The number of aromatic nitrogens is 3. The third-order valence-corrected chi connectivity index (χ3v) is 5.99. The van der Waals surface area contributed by atoms with E-state index in [1.807, 2.05) is 35.9 Å². The summed E-state index contributed by atoms with van der Waals surface area (Å²) in [6.45, 7) is 5.09. The molecule has 0 saturated heterocycles. The van der Waals surface area contributed by atoms with Crippen LogP contribution in [0.1, 0.15) is 40.0 Å². The minimum atomic E-state index is -0.147. The molecule has 0 spiro atoms. The number of carbonyl (C=O) groups is 1. The maximum absolute atomic E-state index is 12.9. The molecule has 1 unspecified atom stereocenters. The number of nitrogens with one attached hydrogen (secondary N) is 1. The first-order valence-corrected chi connectivity index (χ1v) is 10.7. The predicted molar refractivity (Wildman–Crippen MR) is 122 cm³/mol. The van der Waals surface area contributed by atoms with Crippen molar-refractivity contribution in [3.05, 3.63) is 95.6 Å². The van der Waals surface area contributed by atoms with Crippen LogP contribution in [-0.2, 0) is 19.5 Å². The summed E-state index contributed by atoms with van der Waals surface area (Å²) in [5.74, 6) is 2.17. The number of rotatable bonds is 6.